The van der Waals surface area contributed by atoms with E-state index in [0.29, 0.717) is 25.8 Å². The molecular formula is C20H20N2O5S. The molecule has 0 aromatic heterocycles. The molecule has 2 fully saturated rings. The Hall–Kier alpha value is -2.58. The van der Waals surface area contributed by atoms with Gasteiger partial charge in [0.15, 0.2) is 0 Å². The molecule has 2 atom stereocenters. The van der Waals surface area contributed by atoms with Crippen molar-refractivity contribution >= 4 is 22.0 Å². The molecule has 28 heavy (non-hydrogen) atoms. The number of hydrogen-bond acceptors (Lipinski definition) is 5. The second kappa shape index (κ2) is 6.49. The minimum absolute atomic E-state index is 0.0283. The Kier molecular flexibility index (Phi) is 4.35. The molecule has 0 radical (unpaired) electrons. The first-order valence-corrected chi connectivity index (χ1v) is 10.6. The summed E-state index contributed by atoms with van der Waals surface area (Å²) in [5.41, 5.74) is -0.209. The lowest BCUT2D eigenvalue weighted by molar-refractivity contribution is -0.384. The molecule has 1 heterocycles. The van der Waals surface area contributed by atoms with E-state index >= 15 is 0 Å². The van der Waals surface area contributed by atoms with Crippen molar-refractivity contribution in [1.29, 1.82) is 0 Å². The third kappa shape index (κ3) is 2.75. The minimum atomic E-state index is -3.82. The van der Waals surface area contributed by atoms with Crippen LogP contribution in [0.5, 0.6) is 0 Å². The highest BCUT2D eigenvalue weighted by atomic mass is 32.2. The molecular weight excluding hydrogens is 380 g/mol. The van der Waals surface area contributed by atoms with E-state index in [1.54, 1.807) is 0 Å². The van der Waals surface area contributed by atoms with Crippen molar-refractivity contribution in [3.05, 3.63) is 70.3 Å². The van der Waals surface area contributed by atoms with Crippen LogP contribution in [-0.2, 0) is 20.2 Å². The molecule has 1 aliphatic carbocycles. The summed E-state index contributed by atoms with van der Waals surface area (Å²) in [4.78, 5) is 22.3. The van der Waals surface area contributed by atoms with Crippen molar-refractivity contribution in [3.63, 3.8) is 0 Å². The zero-order valence-corrected chi connectivity index (χ0v) is 16.0. The van der Waals surface area contributed by atoms with Gasteiger partial charge in [-0.15, -0.1) is 0 Å². The Balaban J connectivity index is 1.70. The van der Waals surface area contributed by atoms with Crippen LogP contribution in [0.3, 0.4) is 0 Å². The Bertz CT molecular complexity index is 1020. The zero-order chi connectivity index (χ0) is 20.0. The molecule has 2 aromatic carbocycles. The van der Waals surface area contributed by atoms with Gasteiger partial charge in [0.05, 0.1) is 9.82 Å². The first-order chi connectivity index (χ1) is 13.3. The second-order valence-electron chi connectivity index (χ2n) is 7.59. The maximum absolute atomic E-state index is 13.2. The van der Waals surface area contributed by atoms with Crippen LogP contribution in [0, 0.1) is 15.5 Å². The quantitative estimate of drug-likeness (QED) is 0.437. The van der Waals surface area contributed by atoms with Gasteiger partial charge in [-0.3, -0.25) is 10.1 Å². The second-order valence-corrected chi connectivity index (χ2v) is 9.53. The number of rotatable bonds is 5. The van der Waals surface area contributed by atoms with Crippen molar-refractivity contribution in [2.24, 2.45) is 5.41 Å². The summed E-state index contributed by atoms with van der Waals surface area (Å²) in [7, 11) is -3.82. The molecule has 1 aliphatic heterocycles. The van der Waals surface area contributed by atoms with Crippen LogP contribution >= 0.6 is 0 Å². The Morgan fingerprint density at radius 2 is 1.75 bits per heavy atom. The molecule has 8 heteroatoms. The Morgan fingerprint density at radius 3 is 2.36 bits per heavy atom. The van der Waals surface area contributed by atoms with Gasteiger partial charge in [0.25, 0.3) is 5.69 Å². The van der Waals surface area contributed by atoms with E-state index in [4.69, 9.17) is 0 Å². The summed E-state index contributed by atoms with van der Waals surface area (Å²) in [5.74, 6) is 0. The van der Waals surface area contributed by atoms with Gasteiger partial charge in [-0.25, -0.2) is 8.42 Å². The molecule has 146 valence electrons. The van der Waals surface area contributed by atoms with Gasteiger partial charge in [-0.1, -0.05) is 30.3 Å². The topological polar surface area (TPSA) is 97.6 Å². The largest absolute Gasteiger partial charge is 0.303 e. The number of hydrogen-bond donors (Lipinski definition) is 0. The fourth-order valence-corrected chi connectivity index (χ4v) is 6.07. The molecule has 2 aromatic rings. The van der Waals surface area contributed by atoms with Crippen LogP contribution in [0.2, 0.25) is 0 Å². The van der Waals surface area contributed by atoms with Gasteiger partial charge in [0.2, 0.25) is 10.0 Å². The van der Waals surface area contributed by atoms with Crippen LogP contribution in [0.25, 0.3) is 0 Å². The average Bonchev–Trinajstić information content (AvgIpc) is 3.38. The molecule has 1 saturated heterocycles. The van der Waals surface area contributed by atoms with Gasteiger partial charge in [0.1, 0.15) is 6.29 Å². The first-order valence-electron chi connectivity index (χ1n) is 9.11. The lowest BCUT2D eigenvalue weighted by Gasteiger charge is -2.27. The first kappa shape index (κ1) is 18.8. The molecule has 0 unspecified atom stereocenters. The summed E-state index contributed by atoms with van der Waals surface area (Å²) in [6.45, 7) is 0.554. The molecule has 0 N–H and O–H groups in total. The molecule has 0 amide bonds. The van der Waals surface area contributed by atoms with E-state index in [9.17, 15) is 23.3 Å². The predicted octanol–water partition coefficient (Wildman–Crippen LogP) is 2.91. The fraction of sp³-hybridized carbons (Fsp3) is 0.350. The average molecular weight is 400 g/mol. The molecule has 1 saturated carbocycles. The Morgan fingerprint density at radius 1 is 1.07 bits per heavy atom. The normalized spacial score (nSPS) is 27.4. The van der Waals surface area contributed by atoms with Gasteiger partial charge < -0.3 is 4.79 Å². The number of nitro benzene ring substituents is 1. The number of sulfonamides is 1. The monoisotopic (exact) mass is 400 g/mol. The fourth-order valence-electron chi connectivity index (χ4n) is 4.53. The van der Waals surface area contributed by atoms with Crippen molar-refractivity contribution in [1.82, 2.24) is 4.31 Å². The molecule has 0 spiro atoms. The van der Waals surface area contributed by atoms with E-state index in [0.717, 1.165) is 11.8 Å². The summed E-state index contributed by atoms with van der Waals surface area (Å²) in [5, 5.41) is 10.8. The predicted molar refractivity (Wildman–Crippen MR) is 102 cm³/mol. The lowest BCUT2D eigenvalue weighted by atomic mass is 9.85. The number of carbonyl (C=O) groups excluding carboxylic acids is 1. The van der Waals surface area contributed by atoms with E-state index in [-0.39, 0.29) is 17.1 Å². The van der Waals surface area contributed by atoms with Crippen molar-refractivity contribution in [3.8, 4) is 0 Å². The number of nitrogens with zero attached hydrogens (tertiary/aromatic N) is 2. The van der Waals surface area contributed by atoms with Gasteiger partial charge in [-0.2, -0.15) is 4.31 Å². The van der Waals surface area contributed by atoms with Crippen LogP contribution in [0.4, 0.5) is 5.69 Å². The maximum Gasteiger partial charge on any atom is 0.269 e. The number of benzene rings is 2. The standard InChI is InChI=1S/C20H20N2O5S/c23-15-19-11-4-12-21(14-20(19,13-19)16-5-2-1-3-6-16)28(26,27)18-9-7-17(8-10-18)22(24)25/h1-3,5-10,15H,4,11-14H2/t19-,20-/m1/s1. The molecule has 7 nitrogen and oxygen atoms in total. The third-order valence-corrected chi connectivity index (χ3v) is 8.02. The minimum Gasteiger partial charge on any atom is -0.303 e. The zero-order valence-electron chi connectivity index (χ0n) is 15.2. The highest BCUT2D eigenvalue weighted by Gasteiger charge is 2.69. The smallest absolute Gasteiger partial charge is 0.269 e. The van der Waals surface area contributed by atoms with Crippen LogP contribution < -0.4 is 0 Å². The highest BCUT2D eigenvalue weighted by Crippen LogP contribution is 2.67. The van der Waals surface area contributed by atoms with Crippen molar-refractivity contribution in [2.75, 3.05) is 13.1 Å². The van der Waals surface area contributed by atoms with Crippen molar-refractivity contribution < 1.29 is 18.1 Å². The SMILES string of the molecule is O=C[C@]12CCCN(S(=O)(=O)c3ccc([N+](=O)[O-])cc3)C[C@@]1(c1ccccc1)C2. The van der Waals surface area contributed by atoms with E-state index in [1.807, 2.05) is 30.3 Å². The summed E-state index contributed by atoms with van der Waals surface area (Å²) in [6, 6.07) is 14.5. The van der Waals surface area contributed by atoms with Gasteiger partial charge in [0, 0.05) is 36.1 Å². The van der Waals surface area contributed by atoms with Gasteiger partial charge >= 0.3 is 0 Å². The number of aldehydes is 1. The third-order valence-electron chi connectivity index (χ3n) is 6.16. The number of non-ortho nitro benzene ring substituents is 1. The molecule has 2 aliphatic rings. The van der Waals surface area contributed by atoms with E-state index in [2.05, 4.69) is 0 Å². The van der Waals surface area contributed by atoms with Crippen LogP contribution in [0.15, 0.2) is 59.5 Å². The lowest BCUT2D eigenvalue weighted by Crippen LogP contribution is -2.38. The number of carbonyl (C=O) groups is 1. The highest BCUT2D eigenvalue weighted by molar-refractivity contribution is 7.89. The van der Waals surface area contributed by atoms with Gasteiger partial charge in [-0.05, 0) is 37.0 Å². The molecule has 0 bridgehead atoms. The van der Waals surface area contributed by atoms with Crippen LogP contribution in [0.1, 0.15) is 24.8 Å². The maximum atomic E-state index is 13.2. The van der Waals surface area contributed by atoms with Crippen molar-refractivity contribution in [2.45, 2.75) is 29.6 Å². The van der Waals surface area contributed by atoms with E-state index < -0.39 is 25.8 Å². The molecule has 4 rings (SSSR count). The summed E-state index contributed by atoms with van der Waals surface area (Å²) < 4.78 is 27.9. The summed E-state index contributed by atoms with van der Waals surface area (Å²) in [6.07, 6.45) is 2.89. The summed E-state index contributed by atoms with van der Waals surface area (Å²) >= 11 is 0. The number of fused-ring (bicyclic) bond motifs is 1. The Labute approximate surface area is 163 Å². The van der Waals surface area contributed by atoms with E-state index in [1.165, 1.54) is 28.6 Å². The van der Waals surface area contributed by atoms with Crippen LogP contribution in [-0.4, -0.2) is 37.0 Å². The number of nitro groups is 1.